The molecule has 3 aromatic rings. The van der Waals surface area contributed by atoms with Crippen molar-refractivity contribution >= 4 is 44.2 Å². The van der Waals surface area contributed by atoms with Crippen molar-refractivity contribution < 1.29 is 13.2 Å². The van der Waals surface area contributed by atoms with Crippen molar-refractivity contribution in [2.45, 2.75) is 51.5 Å². The Hall–Kier alpha value is -2.94. The fraction of sp³-hybridized carbons (Fsp3) is 0.370. The van der Waals surface area contributed by atoms with Gasteiger partial charge in [-0.3, -0.25) is 4.79 Å². The number of amides is 1. The highest BCUT2D eigenvalue weighted by atomic mass is 32.2. The smallest absolute Gasteiger partial charge is 0.256 e. The number of benzene rings is 2. The summed E-state index contributed by atoms with van der Waals surface area (Å²) in [7, 11) is -3.66. The Labute approximate surface area is 207 Å². The predicted octanol–water partition coefficient (Wildman–Crippen LogP) is 4.62. The number of rotatable bonds is 10. The van der Waals surface area contributed by atoms with E-state index in [1.54, 1.807) is 32.1 Å². The van der Waals surface area contributed by atoms with E-state index in [2.05, 4.69) is 52.0 Å². The van der Waals surface area contributed by atoms with Gasteiger partial charge in [-0.05, 0) is 94.4 Å². The van der Waals surface area contributed by atoms with Gasteiger partial charge in [-0.2, -0.15) is 0 Å². The second kappa shape index (κ2) is 10.4. The van der Waals surface area contributed by atoms with Gasteiger partial charge in [0.15, 0.2) is 0 Å². The normalized spacial score (nSPS) is 14.9. The van der Waals surface area contributed by atoms with Crippen LogP contribution in [0, 0.1) is 0 Å². The first-order chi connectivity index (χ1) is 16.7. The molecule has 1 aliphatic rings. The van der Waals surface area contributed by atoms with Gasteiger partial charge in [0.2, 0.25) is 10.0 Å². The first-order valence-electron chi connectivity index (χ1n) is 12.2. The molecule has 0 atom stereocenters. The van der Waals surface area contributed by atoms with Crippen molar-refractivity contribution in [2.75, 3.05) is 25.0 Å². The van der Waals surface area contributed by atoms with Crippen LogP contribution >= 0.6 is 0 Å². The zero-order valence-electron chi connectivity index (χ0n) is 20.8. The lowest BCUT2D eigenvalue weighted by molar-refractivity contribution is -0.110. The highest BCUT2D eigenvalue weighted by molar-refractivity contribution is 7.89. The van der Waals surface area contributed by atoms with E-state index in [1.165, 1.54) is 11.6 Å². The molecule has 4 rings (SSSR count). The van der Waals surface area contributed by atoms with Crippen LogP contribution in [0.3, 0.4) is 0 Å². The van der Waals surface area contributed by atoms with Crippen LogP contribution in [-0.2, 0) is 21.2 Å². The van der Waals surface area contributed by atoms with Gasteiger partial charge in [-0.1, -0.05) is 19.9 Å². The molecule has 0 saturated heterocycles. The molecule has 0 unspecified atom stereocenters. The monoisotopic (exact) mass is 494 g/mol. The molecule has 0 aliphatic carbocycles. The molecule has 0 saturated carbocycles. The van der Waals surface area contributed by atoms with Crippen molar-refractivity contribution in [3.05, 3.63) is 59.3 Å². The zero-order chi connectivity index (χ0) is 25.2. The van der Waals surface area contributed by atoms with E-state index in [9.17, 15) is 13.2 Å². The van der Waals surface area contributed by atoms with Gasteiger partial charge >= 0.3 is 0 Å². The van der Waals surface area contributed by atoms with Crippen LogP contribution in [0.5, 0.6) is 0 Å². The van der Waals surface area contributed by atoms with Gasteiger partial charge < -0.3 is 15.2 Å². The van der Waals surface area contributed by atoms with E-state index in [-0.39, 0.29) is 16.8 Å². The molecule has 0 bridgehead atoms. The van der Waals surface area contributed by atoms with Crippen LogP contribution in [0.1, 0.15) is 50.9 Å². The lowest BCUT2D eigenvalue weighted by Gasteiger charge is -2.17. The van der Waals surface area contributed by atoms with Crippen LogP contribution < -0.4 is 10.0 Å². The molecule has 35 heavy (non-hydrogen) atoms. The number of nitrogens with one attached hydrogen (secondary N) is 3. The van der Waals surface area contributed by atoms with E-state index in [1.807, 2.05) is 6.07 Å². The lowest BCUT2D eigenvalue weighted by atomic mass is 10.1. The molecule has 2 aromatic carbocycles. The van der Waals surface area contributed by atoms with Crippen LogP contribution in [0.4, 0.5) is 5.69 Å². The summed E-state index contributed by atoms with van der Waals surface area (Å²) in [4.78, 5) is 18.6. The SMILES string of the molecule is CCN(CC)CCCc1ccc2[nH]c(/C=C3/C(=O)Nc4ccc(S(=O)(=O)NC(C)C)cc43)cc2c1. The molecule has 7 nitrogen and oxygen atoms in total. The summed E-state index contributed by atoms with van der Waals surface area (Å²) in [5.74, 6) is -0.248. The van der Waals surface area contributed by atoms with Gasteiger partial charge in [0.1, 0.15) is 0 Å². The van der Waals surface area contributed by atoms with Crippen molar-refractivity contribution in [1.29, 1.82) is 0 Å². The number of nitrogens with zero attached hydrogens (tertiary/aromatic N) is 1. The second-order valence-corrected chi connectivity index (χ2v) is 11.0. The molecule has 186 valence electrons. The number of aromatic nitrogens is 1. The van der Waals surface area contributed by atoms with E-state index in [4.69, 9.17) is 0 Å². The average molecular weight is 495 g/mol. The average Bonchev–Trinajstić information content (AvgIpc) is 3.35. The Morgan fingerprint density at radius 1 is 1.06 bits per heavy atom. The standard InChI is InChI=1S/C27H34N4O3S/c1-5-31(6-2)13-7-8-19-9-11-25-20(14-19)15-21(28-25)16-24-23-17-22(35(33,34)30-18(3)4)10-12-26(23)29-27(24)32/h9-12,14-18,28,30H,5-8,13H2,1-4H3,(H,29,32)/b24-16+. The van der Waals surface area contributed by atoms with Gasteiger partial charge in [0.25, 0.3) is 5.91 Å². The Bertz CT molecular complexity index is 1370. The number of fused-ring (bicyclic) bond motifs is 2. The zero-order valence-corrected chi connectivity index (χ0v) is 21.6. The Kier molecular flexibility index (Phi) is 7.44. The highest BCUT2D eigenvalue weighted by Gasteiger charge is 2.27. The van der Waals surface area contributed by atoms with E-state index in [0.717, 1.165) is 49.1 Å². The molecular formula is C27H34N4O3S. The number of hydrogen-bond donors (Lipinski definition) is 3. The largest absolute Gasteiger partial charge is 0.355 e. The van der Waals surface area contributed by atoms with Crippen LogP contribution in [0.25, 0.3) is 22.6 Å². The van der Waals surface area contributed by atoms with Gasteiger partial charge in [-0.15, -0.1) is 0 Å². The van der Waals surface area contributed by atoms with Crippen molar-refractivity contribution in [2.24, 2.45) is 0 Å². The van der Waals surface area contributed by atoms with Crippen LogP contribution in [0.2, 0.25) is 0 Å². The number of carbonyl (C=O) groups excluding carboxylic acids is 1. The Morgan fingerprint density at radius 3 is 2.54 bits per heavy atom. The summed E-state index contributed by atoms with van der Waals surface area (Å²) in [5.41, 5.74) is 4.72. The van der Waals surface area contributed by atoms with Gasteiger partial charge in [-0.25, -0.2) is 13.1 Å². The minimum Gasteiger partial charge on any atom is -0.355 e. The fourth-order valence-corrected chi connectivity index (χ4v) is 5.77. The number of carbonyl (C=O) groups is 1. The molecule has 1 amide bonds. The van der Waals surface area contributed by atoms with Crippen molar-refractivity contribution in [1.82, 2.24) is 14.6 Å². The number of sulfonamides is 1. The van der Waals surface area contributed by atoms with Crippen LogP contribution in [-0.4, -0.2) is 49.9 Å². The van der Waals surface area contributed by atoms with Crippen LogP contribution in [0.15, 0.2) is 47.4 Å². The molecule has 2 heterocycles. The quantitative estimate of drug-likeness (QED) is 0.359. The topological polar surface area (TPSA) is 94.3 Å². The maximum atomic E-state index is 12.7. The summed E-state index contributed by atoms with van der Waals surface area (Å²) < 4.78 is 27.9. The molecule has 0 radical (unpaired) electrons. The minimum absolute atomic E-state index is 0.137. The number of aryl methyl sites for hydroxylation is 1. The van der Waals surface area contributed by atoms with Crippen molar-refractivity contribution in [3.8, 4) is 0 Å². The summed E-state index contributed by atoms with van der Waals surface area (Å²) in [5, 5.41) is 3.92. The van der Waals surface area contributed by atoms with Crippen molar-refractivity contribution in [3.63, 3.8) is 0 Å². The fourth-order valence-electron chi connectivity index (χ4n) is 4.50. The summed E-state index contributed by atoms with van der Waals surface area (Å²) in [6.07, 6.45) is 3.92. The minimum atomic E-state index is -3.66. The molecular weight excluding hydrogens is 460 g/mol. The third-order valence-electron chi connectivity index (χ3n) is 6.32. The van der Waals surface area contributed by atoms with E-state index in [0.29, 0.717) is 16.8 Å². The molecule has 0 fully saturated rings. The number of H-pyrrole nitrogens is 1. The van der Waals surface area contributed by atoms with E-state index >= 15 is 0 Å². The Balaban J connectivity index is 1.59. The summed E-state index contributed by atoms with van der Waals surface area (Å²) in [6.45, 7) is 11.2. The third-order valence-corrected chi connectivity index (χ3v) is 7.97. The maximum absolute atomic E-state index is 12.7. The number of anilines is 1. The first-order valence-corrected chi connectivity index (χ1v) is 13.7. The molecule has 1 aromatic heterocycles. The highest BCUT2D eigenvalue weighted by Crippen LogP contribution is 2.35. The summed E-state index contributed by atoms with van der Waals surface area (Å²) >= 11 is 0. The first kappa shape index (κ1) is 25.2. The maximum Gasteiger partial charge on any atom is 0.256 e. The van der Waals surface area contributed by atoms with Gasteiger partial charge in [0, 0.05) is 33.9 Å². The summed E-state index contributed by atoms with van der Waals surface area (Å²) in [6, 6.07) is 12.9. The second-order valence-electron chi connectivity index (χ2n) is 9.27. The predicted molar refractivity (Wildman–Crippen MR) is 143 cm³/mol. The molecule has 1 aliphatic heterocycles. The third kappa shape index (κ3) is 5.66. The Morgan fingerprint density at radius 2 is 1.83 bits per heavy atom. The molecule has 3 N–H and O–H groups in total. The molecule has 8 heteroatoms. The van der Waals surface area contributed by atoms with E-state index < -0.39 is 10.0 Å². The molecule has 0 spiro atoms. The number of aromatic amines is 1. The lowest BCUT2D eigenvalue weighted by Crippen LogP contribution is -2.30. The van der Waals surface area contributed by atoms with Gasteiger partial charge in [0.05, 0.1) is 10.5 Å². The number of hydrogen-bond acceptors (Lipinski definition) is 4.